The predicted octanol–water partition coefficient (Wildman–Crippen LogP) is 4.56. The normalized spacial score (nSPS) is 14.1. The maximum absolute atomic E-state index is 12.7. The van der Waals surface area contributed by atoms with Crippen molar-refractivity contribution in [2.24, 2.45) is 0 Å². The SMILES string of the molecule is Cc1ccc(OCCn2cc(/C=C(\C#N)C(=O)N3CCCC3)c3ccccc32)cc1. The highest BCUT2D eigenvalue weighted by atomic mass is 16.5. The molecule has 1 aromatic heterocycles. The van der Waals surface area contributed by atoms with Crippen LogP contribution < -0.4 is 4.74 Å². The van der Waals surface area contributed by atoms with Crippen LogP contribution in [0.1, 0.15) is 24.0 Å². The Labute approximate surface area is 176 Å². The molecular formula is C25H25N3O2. The molecule has 5 heteroatoms. The second-order valence-electron chi connectivity index (χ2n) is 7.63. The number of carbonyl (C=O) groups excluding carboxylic acids is 1. The Kier molecular flexibility index (Phi) is 5.85. The molecule has 5 nitrogen and oxygen atoms in total. The minimum Gasteiger partial charge on any atom is -0.492 e. The van der Waals surface area contributed by atoms with E-state index >= 15 is 0 Å². The lowest BCUT2D eigenvalue weighted by molar-refractivity contribution is -0.125. The predicted molar refractivity (Wildman–Crippen MR) is 118 cm³/mol. The van der Waals surface area contributed by atoms with Crippen molar-refractivity contribution in [3.63, 3.8) is 0 Å². The second-order valence-corrected chi connectivity index (χ2v) is 7.63. The highest BCUT2D eigenvalue weighted by Gasteiger charge is 2.22. The largest absolute Gasteiger partial charge is 0.492 e. The summed E-state index contributed by atoms with van der Waals surface area (Å²) in [5.74, 6) is 0.676. The van der Waals surface area contributed by atoms with Crippen molar-refractivity contribution in [1.29, 1.82) is 5.26 Å². The van der Waals surface area contributed by atoms with Gasteiger partial charge in [0.25, 0.3) is 5.91 Å². The highest BCUT2D eigenvalue weighted by Crippen LogP contribution is 2.24. The molecule has 0 spiro atoms. The first-order chi connectivity index (χ1) is 14.7. The summed E-state index contributed by atoms with van der Waals surface area (Å²) in [4.78, 5) is 14.5. The van der Waals surface area contributed by atoms with Crippen molar-refractivity contribution >= 4 is 22.9 Å². The molecule has 0 bridgehead atoms. The molecule has 30 heavy (non-hydrogen) atoms. The molecule has 4 rings (SSSR count). The summed E-state index contributed by atoms with van der Waals surface area (Å²) in [6, 6.07) is 18.2. The highest BCUT2D eigenvalue weighted by molar-refractivity contribution is 6.04. The number of nitrogens with zero attached hydrogens (tertiary/aromatic N) is 3. The fraction of sp³-hybridized carbons (Fsp3) is 0.280. The number of carbonyl (C=O) groups is 1. The van der Waals surface area contributed by atoms with Crippen LogP contribution in [0.2, 0.25) is 0 Å². The van der Waals surface area contributed by atoms with Crippen molar-refractivity contribution in [2.75, 3.05) is 19.7 Å². The zero-order chi connectivity index (χ0) is 20.9. The van der Waals surface area contributed by atoms with Crippen LogP contribution in [0.3, 0.4) is 0 Å². The van der Waals surface area contributed by atoms with Crippen molar-refractivity contribution in [3.05, 3.63) is 71.4 Å². The number of fused-ring (bicyclic) bond motifs is 1. The summed E-state index contributed by atoms with van der Waals surface area (Å²) >= 11 is 0. The number of likely N-dealkylation sites (tertiary alicyclic amines) is 1. The number of amides is 1. The first kappa shape index (κ1) is 19.8. The molecule has 1 aliphatic heterocycles. The van der Waals surface area contributed by atoms with Crippen LogP contribution in [-0.4, -0.2) is 35.1 Å². The molecule has 0 N–H and O–H groups in total. The van der Waals surface area contributed by atoms with Crippen molar-refractivity contribution < 1.29 is 9.53 Å². The fourth-order valence-corrected chi connectivity index (χ4v) is 3.86. The molecule has 2 heterocycles. The van der Waals surface area contributed by atoms with E-state index in [2.05, 4.69) is 17.6 Å². The van der Waals surface area contributed by atoms with Gasteiger partial charge in [0.1, 0.15) is 24.0 Å². The van der Waals surface area contributed by atoms with E-state index in [1.54, 1.807) is 11.0 Å². The maximum Gasteiger partial charge on any atom is 0.264 e. The van der Waals surface area contributed by atoms with E-state index < -0.39 is 0 Å². The summed E-state index contributed by atoms with van der Waals surface area (Å²) in [5, 5.41) is 10.6. The van der Waals surface area contributed by atoms with E-state index in [1.807, 2.05) is 54.7 Å². The Hall–Kier alpha value is -3.52. The molecule has 1 saturated heterocycles. The summed E-state index contributed by atoms with van der Waals surface area (Å²) in [6.07, 6.45) is 5.73. The van der Waals surface area contributed by atoms with Gasteiger partial charge in [-0.2, -0.15) is 5.26 Å². The van der Waals surface area contributed by atoms with Gasteiger partial charge in [-0.3, -0.25) is 4.79 Å². The van der Waals surface area contributed by atoms with Crippen molar-refractivity contribution in [3.8, 4) is 11.8 Å². The van der Waals surface area contributed by atoms with Gasteiger partial charge in [-0.1, -0.05) is 35.9 Å². The maximum atomic E-state index is 12.7. The van der Waals surface area contributed by atoms with E-state index in [4.69, 9.17) is 4.74 Å². The van der Waals surface area contributed by atoms with Gasteiger partial charge in [0.15, 0.2) is 0 Å². The van der Waals surface area contributed by atoms with Crippen molar-refractivity contribution in [2.45, 2.75) is 26.3 Å². The molecule has 2 aromatic carbocycles. The smallest absolute Gasteiger partial charge is 0.264 e. The number of aryl methyl sites for hydroxylation is 1. The topological polar surface area (TPSA) is 58.3 Å². The molecule has 3 aromatic rings. The number of rotatable bonds is 6. The molecule has 1 aliphatic rings. The van der Waals surface area contributed by atoms with E-state index in [1.165, 1.54) is 5.56 Å². The van der Waals surface area contributed by atoms with Gasteiger partial charge in [-0.05, 0) is 44.0 Å². The molecule has 152 valence electrons. The summed E-state index contributed by atoms with van der Waals surface area (Å²) in [6.45, 7) is 4.72. The summed E-state index contributed by atoms with van der Waals surface area (Å²) in [7, 11) is 0. The monoisotopic (exact) mass is 399 g/mol. The molecule has 0 aliphatic carbocycles. The van der Waals surface area contributed by atoms with E-state index in [0.717, 1.165) is 48.1 Å². The third-order valence-corrected chi connectivity index (χ3v) is 5.49. The summed E-state index contributed by atoms with van der Waals surface area (Å²) in [5.41, 5.74) is 3.33. The van der Waals surface area contributed by atoms with E-state index in [0.29, 0.717) is 13.2 Å². The Bertz CT molecular complexity index is 1110. The van der Waals surface area contributed by atoms with Gasteiger partial charge in [-0.15, -0.1) is 0 Å². The van der Waals surface area contributed by atoms with E-state index in [-0.39, 0.29) is 11.5 Å². The number of hydrogen-bond acceptors (Lipinski definition) is 3. The van der Waals surface area contributed by atoms with Gasteiger partial charge in [-0.25, -0.2) is 0 Å². The van der Waals surface area contributed by atoms with Gasteiger partial charge < -0.3 is 14.2 Å². The number of ether oxygens (including phenoxy) is 1. The molecule has 1 amide bonds. The molecule has 1 fully saturated rings. The summed E-state index contributed by atoms with van der Waals surface area (Å²) < 4.78 is 8.00. The standard InChI is InChI=1S/C25H25N3O2/c1-19-8-10-22(11-9-19)30-15-14-28-18-21(23-6-2-3-7-24(23)28)16-20(17-26)25(29)27-12-4-5-13-27/h2-3,6-11,16,18H,4-5,12-15H2,1H3/b20-16+. The Morgan fingerprint density at radius 3 is 2.60 bits per heavy atom. The fourth-order valence-electron chi connectivity index (χ4n) is 3.86. The van der Waals surface area contributed by atoms with Gasteiger partial charge in [0.2, 0.25) is 0 Å². The van der Waals surface area contributed by atoms with Gasteiger partial charge >= 0.3 is 0 Å². The first-order valence-corrected chi connectivity index (χ1v) is 10.3. The van der Waals surface area contributed by atoms with Gasteiger partial charge in [0, 0.05) is 35.8 Å². The van der Waals surface area contributed by atoms with Gasteiger partial charge in [0.05, 0.1) is 6.54 Å². The van der Waals surface area contributed by atoms with Crippen LogP contribution in [0.25, 0.3) is 17.0 Å². The Balaban J connectivity index is 1.56. The van der Waals surface area contributed by atoms with Crippen molar-refractivity contribution in [1.82, 2.24) is 9.47 Å². The van der Waals surface area contributed by atoms with Crippen LogP contribution in [0, 0.1) is 18.3 Å². The van der Waals surface area contributed by atoms with Crippen LogP contribution in [0.5, 0.6) is 5.75 Å². The second kappa shape index (κ2) is 8.87. The average Bonchev–Trinajstić information content (AvgIpc) is 3.42. The molecular weight excluding hydrogens is 374 g/mol. The quantitative estimate of drug-likeness (QED) is 0.451. The first-order valence-electron chi connectivity index (χ1n) is 10.3. The zero-order valence-corrected chi connectivity index (χ0v) is 17.2. The minimum atomic E-state index is -0.172. The third-order valence-electron chi connectivity index (χ3n) is 5.49. The Morgan fingerprint density at radius 1 is 1.13 bits per heavy atom. The molecule has 0 unspecified atom stereocenters. The lowest BCUT2D eigenvalue weighted by Gasteiger charge is -2.13. The number of hydrogen-bond donors (Lipinski definition) is 0. The average molecular weight is 399 g/mol. The Morgan fingerprint density at radius 2 is 1.87 bits per heavy atom. The number of para-hydroxylation sites is 1. The molecule has 0 radical (unpaired) electrons. The lowest BCUT2D eigenvalue weighted by Crippen LogP contribution is -2.28. The van der Waals surface area contributed by atoms with Crippen LogP contribution in [0.4, 0.5) is 0 Å². The van der Waals surface area contributed by atoms with Crippen LogP contribution in [-0.2, 0) is 11.3 Å². The number of nitriles is 1. The minimum absolute atomic E-state index is 0.172. The number of aromatic nitrogens is 1. The van der Waals surface area contributed by atoms with E-state index in [9.17, 15) is 10.1 Å². The number of benzene rings is 2. The van der Waals surface area contributed by atoms with Crippen LogP contribution >= 0.6 is 0 Å². The van der Waals surface area contributed by atoms with Crippen LogP contribution in [0.15, 0.2) is 60.3 Å². The third kappa shape index (κ3) is 4.23. The zero-order valence-electron chi connectivity index (χ0n) is 17.2. The lowest BCUT2D eigenvalue weighted by atomic mass is 10.1. The molecule has 0 saturated carbocycles. The molecule has 0 atom stereocenters.